The van der Waals surface area contributed by atoms with Crippen molar-refractivity contribution < 1.29 is 14.3 Å². The molecular weight excluding hydrogens is 252 g/mol. The fraction of sp³-hybridized carbons (Fsp3) is 0.118. The van der Waals surface area contributed by atoms with Crippen LogP contribution in [-0.2, 0) is 20.9 Å². The Kier molecular flexibility index (Phi) is 4.95. The molecule has 0 spiro atoms. The van der Waals surface area contributed by atoms with Crippen molar-refractivity contribution in [3.8, 4) is 0 Å². The van der Waals surface area contributed by atoms with Gasteiger partial charge in [0.25, 0.3) is 0 Å². The first kappa shape index (κ1) is 13.9. The monoisotopic (exact) mass is 268 g/mol. The molecule has 2 rings (SSSR count). The number of esters is 1. The van der Waals surface area contributed by atoms with E-state index in [1.807, 2.05) is 60.7 Å². The zero-order valence-electron chi connectivity index (χ0n) is 11.3. The second-order valence-corrected chi connectivity index (χ2v) is 4.19. The lowest BCUT2D eigenvalue weighted by molar-refractivity contribution is -0.143. The maximum atomic E-state index is 11.9. The number of ether oxygens (including phenoxy) is 2. The average molecular weight is 268 g/mol. The fourth-order valence-electron chi connectivity index (χ4n) is 1.70. The third kappa shape index (κ3) is 3.99. The summed E-state index contributed by atoms with van der Waals surface area (Å²) in [4.78, 5) is 11.9. The van der Waals surface area contributed by atoms with Gasteiger partial charge in [0.15, 0.2) is 0 Å². The molecule has 3 heteroatoms. The van der Waals surface area contributed by atoms with Crippen molar-refractivity contribution >= 4 is 12.0 Å². The third-order valence-corrected chi connectivity index (χ3v) is 2.73. The van der Waals surface area contributed by atoms with E-state index in [0.29, 0.717) is 0 Å². The van der Waals surface area contributed by atoms with Crippen LogP contribution in [0, 0.1) is 0 Å². The molecule has 0 aliphatic rings. The highest BCUT2D eigenvalue weighted by molar-refractivity contribution is 5.91. The van der Waals surface area contributed by atoms with Crippen molar-refractivity contribution in [2.24, 2.45) is 0 Å². The first-order valence-corrected chi connectivity index (χ1v) is 6.31. The van der Waals surface area contributed by atoms with Gasteiger partial charge >= 0.3 is 5.97 Å². The first-order valence-electron chi connectivity index (χ1n) is 6.31. The van der Waals surface area contributed by atoms with Crippen molar-refractivity contribution in [3.05, 3.63) is 77.5 Å². The highest BCUT2D eigenvalue weighted by atomic mass is 16.6. The van der Waals surface area contributed by atoms with Gasteiger partial charge in [0.1, 0.15) is 6.61 Å². The Hall–Kier alpha value is -2.55. The van der Waals surface area contributed by atoms with Crippen LogP contribution in [-0.4, -0.2) is 13.1 Å². The number of methoxy groups -OCH3 is 1. The molecule has 0 unspecified atom stereocenters. The van der Waals surface area contributed by atoms with Crippen LogP contribution in [0.25, 0.3) is 6.08 Å². The predicted molar refractivity (Wildman–Crippen MR) is 77.7 cm³/mol. The number of benzene rings is 2. The van der Waals surface area contributed by atoms with Crippen LogP contribution in [0.3, 0.4) is 0 Å². The molecular formula is C17H16O3. The van der Waals surface area contributed by atoms with Crippen molar-refractivity contribution in [2.45, 2.75) is 6.61 Å². The van der Waals surface area contributed by atoms with Crippen molar-refractivity contribution in [1.29, 1.82) is 0 Å². The smallest absolute Gasteiger partial charge is 0.373 e. The fourth-order valence-corrected chi connectivity index (χ4v) is 1.70. The topological polar surface area (TPSA) is 35.5 Å². The van der Waals surface area contributed by atoms with Crippen LogP contribution < -0.4 is 0 Å². The summed E-state index contributed by atoms with van der Waals surface area (Å²) in [5.41, 5.74) is 1.83. The number of carbonyl (C=O) groups excluding carboxylic acids is 1. The molecule has 0 atom stereocenters. The van der Waals surface area contributed by atoms with E-state index in [0.717, 1.165) is 11.1 Å². The van der Waals surface area contributed by atoms with Crippen LogP contribution in [0.5, 0.6) is 0 Å². The van der Waals surface area contributed by atoms with Gasteiger partial charge in [0.05, 0.1) is 7.11 Å². The molecule has 2 aromatic rings. The van der Waals surface area contributed by atoms with Gasteiger partial charge in [0, 0.05) is 0 Å². The SMILES string of the molecule is COC(=Cc1ccccc1)C(=O)OCc1ccccc1. The summed E-state index contributed by atoms with van der Waals surface area (Å²) < 4.78 is 10.3. The van der Waals surface area contributed by atoms with Gasteiger partial charge in [0.2, 0.25) is 5.76 Å². The Bertz CT molecular complexity index is 574. The second kappa shape index (κ2) is 7.14. The Morgan fingerprint density at radius 2 is 1.60 bits per heavy atom. The van der Waals surface area contributed by atoms with Gasteiger partial charge in [-0.15, -0.1) is 0 Å². The van der Waals surface area contributed by atoms with Gasteiger partial charge in [-0.25, -0.2) is 4.79 Å². The molecule has 0 amide bonds. The van der Waals surface area contributed by atoms with Crippen LogP contribution in [0.2, 0.25) is 0 Å². The third-order valence-electron chi connectivity index (χ3n) is 2.73. The van der Waals surface area contributed by atoms with E-state index in [4.69, 9.17) is 9.47 Å². The van der Waals surface area contributed by atoms with E-state index in [1.165, 1.54) is 7.11 Å². The van der Waals surface area contributed by atoms with Crippen molar-refractivity contribution in [3.63, 3.8) is 0 Å². The molecule has 20 heavy (non-hydrogen) atoms. The molecule has 3 nitrogen and oxygen atoms in total. The van der Waals surface area contributed by atoms with Gasteiger partial charge in [-0.1, -0.05) is 60.7 Å². The number of carbonyl (C=O) groups is 1. The Morgan fingerprint density at radius 3 is 2.20 bits per heavy atom. The summed E-state index contributed by atoms with van der Waals surface area (Å²) in [6, 6.07) is 19.0. The molecule has 0 aromatic heterocycles. The normalized spacial score (nSPS) is 10.9. The van der Waals surface area contributed by atoms with E-state index in [-0.39, 0.29) is 12.4 Å². The zero-order chi connectivity index (χ0) is 14.2. The minimum absolute atomic E-state index is 0.187. The number of hydrogen-bond donors (Lipinski definition) is 0. The lowest BCUT2D eigenvalue weighted by Gasteiger charge is -2.07. The summed E-state index contributed by atoms with van der Waals surface area (Å²) in [6.45, 7) is 0.231. The van der Waals surface area contributed by atoms with Gasteiger partial charge in [-0.2, -0.15) is 0 Å². The molecule has 0 aliphatic heterocycles. The minimum Gasteiger partial charge on any atom is -0.490 e. The molecule has 2 aromatic carbocycles. The largest absolute Gasteiger partial charge is 0.490 e. The van der Waals surface area contributed by atoms with E-state index in [2.05, 4.69) is 0 Å². The lowest BCUT2D eigenvalue weighted by atomic mass is 10.2. The van der Waals surface area contributed by atoms with E-state index < -0.39 is 5.97 Å². The molecule has 0 fully saturated rings. The quantitative estimate of drug-likeness (QED) is 0.473. The molecule has 0 heterocycles. The lowest BCUT2D eigenvalue weighted by Crippen LogP contribution is -2.09. The molecule has 102 valence electrons. The summed E-state index contributed by atoms with van der Waals surface area (Å²) in [5.74, 6) is -0.285. The van der Waals surface area contributed by atoms with E-state index in [9.17, 15) is 4.79 Å². The average Bonchev–Trinajstić information content (AvgIpc) is 2.52. The number of rotatable bonds is 5. The molecule has 0 bridgehead atoms. The molecule has 0 saturated heterocycles. The van der Waals surface area contributed by atoms with Crippen LogP contribution in [0.4, 0.5) is 0 Å². The Morgan fingerprint density at radius 1 is 1.00 bits per heavy atom. The molecule has 0 N–H and O–H groups in total. The Balaban J connectivity index is 2.01. The van der Waals surface area contributed by atoms with E-state index in [1.54, 1.807) is 6.08 Å². The summed E-state index contributed by atoms with van der Waals surface area (Å²) in [7, 11) is 1.46. The summed E-state index contributed by atoms with van der Waals surface area (Å²) >= 11 is 0. The van der Waals surface area contributed by atoms with Gasteiger partial charge < -0.3 is 9.47 Å². The van der Waals surface area contributed by atoms with Crippen LogP contribution in [0.1, 0.15) is 11.1 Å². The minimum atomic E-state index is -0.472. The standard InChI is InChI=1S/C17H16O3/c1-19-16(12-14-8-4-2-5-9-14)17(18)20-13-15-10-6-3-7-11-15/h2-12H,13H2,1H3. The maximum Gasteiger partial charge on any atom is 0.373 e. The zero-order valence-corrected chi connectivity index (χ0v) is 11.3. The predicted octanol–water partition coefficient (Wildman–Crippen LogP) is 3.42. The highest BCUT2D eigenvalue weighted by Gasteiger charge is 2.11. The summed E-state index contributed by atoms with van der Waals surface area (Å²) in [6.07, 6.45) is 1.66. The van der Waals surface area contributed by atoms with Crippen LogP contribution in [0.15, 0.2) is 66.4 Å². The maximum absolute atomic E-state index is 11.9. The first-order chi connectivity index (χ1) is 9.79. The van der Waals surface area contributed by atoms with Gasteiger partial charge in [-0.3, -0.25) is 0 Å². The molecule has 0 aliphatic carbocycles. The highest BCUT2D eigenvalue weighted by Crippen LogP contribution is 2.10. The van der Waals surface area contributed by atoms with Gasteiger partial charge in [-0.05, 0) is 17.2 Å². The molecule has 0 saturated carbocycles. The Labute approximate surface area is 118 Å². The van der Waals surface area contributed by atoms with Crippen molar-refractivity contribution in [2.75, 3.05) is 7.11 Å². The van der Waals surface area contributed by atoms with Crippen LogP contribution >= 0.6 is 0 Å². The van der Waals surface area contributed by atoms with E-state index >= 15 is 0 Å². The van der Waals surface area contributed by atoms with Crippen molar-refractivity contribution in [1.82, 2.24) is 0 Å². The number of hydrogen-bond acceptors (Lipinski definition) is 3. The second-order valence-electron chi connectivity index (χ2n) is 4.19. The molecule has 0 radical (unpaired) electrons. The summed E-state index contributed by atoms with van der Waals surface area (Å²) in [5, 5.41) is 0.